The summed E-state index contributed by atoms with van der Waals surface area (Å²) in [5.41, 5.74) is 6.92. The molecule has 2 nitrogen and oxygen atoms in total. The largest absolute Gasteiger partial charge is 0.329 e. The second-order valence-electron chi connectivity index (χ2n) is 4.34. The SMILES string of the molecule is CCN(C(C)C)C(CN)c1ccc(F)cc1Br. The monoisotopic (exact) mass is 302 g/mol. The molecule has 4 heteroatoms. The molecule has 0 aromatic heterocycles. The number of nitrogens with two attached hydrogens (primary N) is 1. The van der Waals surface area contributed by atoms with Gasteiger partial charge in [0.25, 0.3) is 0 Å². The Hall–Kier alpha value is -0.450. The molecule has 0 saturated carbocycles. The molecule has 0 aliphatic carbocycles. The third-order valence-corrected chi connectivity index (χ3v) is 3.66. The van der Waals surface area contributed by atoms with E-state index in [9.17, 15) is 4.39 Å². The summed E-state index contributed by atoms with van der Waals surface area (Å²) in [6.45, 7) is 7.84. The van der Waals surface area contributed by atoms with E-state index in [1.54, 1.807) is 0 Å². The van der Waals surface area contributed by atoms with E-state index in [0.29, 0.717) is 12.6 Å². The topological polar surface area (TPSA) is 29.3 Å². The summed E-state index contributed by atoms with van der Waals surface area (Å²) in [6, 6.07) is 5.31. The Morgan fingerprint density at radius 3 is 2.47 bits per heavy atom. The van der Waals surface area contributed by atoms with Gasteiger partial charge in [-0.3, -0.25) is 4.90 Å². The zero-order valence-corrected chi connectivity index (χ0v) is 12.2. The van der Waals surface area contributed by atoms with Gasteiger partial charge in [0.2, 0.25) is 0 Å². The van der Waals surface area contributed by atoms with Gasteiger partial charge in [0, 0.05) is 23.1 Å². The lowest BCUT2D eigenvalue weighted by Crippen LogP contribution is -2.38. The molecule has 1 aromatic rings. The quantitative estimate of drug-likeness (QED) is 0.904. The van der Waals surface area contributed by atoms with E-state index in [-0.39, 0.29) is 11.9 Å². The highest BCUT2D eigenvalue weighted by Gasteiger charge is 2.22. The van der Waals surface area contributed by atoms with Crippen LogP contribution in [0.25, 0.3) is 0 Å². The van der Waals surface area contributed by atoms with Gasteiger partial charge in [0.15, 0.2) is 0 Å². The molecule has 1 unspecified atom stereocenters. The van der Waals surface area contributed by atoms with Crippen molar-refractivity contribution in [2.75, 3.05) is 13.1 Å². The maximum atomic E-state index is 13.1. The molecule has 1 rings (SSSR count). The zero-order chi connectivity index (χ0) is 13.0. The highest BCUT2D eigenvalue weighted by atomic mass is 79.9. The van der Waals surface area contributed by atoms with Crippen LogP contribution in [0.1, 0.15) is 32.4 Å². The Balaban J connectivity index is 3.08. The van der Waals surface area contributed by atoms with Crippen LogP contribution in [-0.4, -0.2) is 24.0 Å². The highest BCUT2D eigenvalue weighted by molar-refractivity contribution is 9.10. The van der Waals surface area contributed by atoms with Gasteiger partial charge < -0.3 is 5.73 Å². The Bertz CT molecular complexity index is 368. The van der Waals surface area contributed by atoms with Gasteiger partial charge in [-0.2, -0.15) is 0 Å². The van der Waals surface area contributed by atoms with Gasteiger partial charge in [-0.15, -0.1) is 0 Å². The Morgan fingerprint density at radius 1 is 1.41 bits per heavy atom. The molecular formula is C13H20BrFN2. The summed E-state index contributed by atoms with van der Waals surface area (Å²) < 4.78 is 13.9. The van der Waals surface area contributed by atoms with Crippen molar-refractivity contribution in [1.82, 2.24) is 4.90 Å². The summed E-state index contributed by atoms with van der Waals surface area (Å²) in [7, 11) is 0. The maximum Gasteiger partial charge on any atom is 0.124 e. The summed E-state index contributed by atoms with van der Waals surface area (Å²) in [6.07, 6.45) is 0. The van der Waals surface area contributed by atoms with Gasteiger partial charge >= 0.3 is 0 Å². The second kappa shape index (κ2) is 6.47. The molecule has 17 heavy (non-hydrogen) atoms. The van der Waals surface area contributed by atoms with E-state index in [1.807, 2.05) is 6.07 Å². The first-order valence-corrected chi connectivity index (χ1v) is 6.71. The molecule has 1 atom stereocenters. The van der Waals surface area contributed by atoms with Crippen LogP contribution in [0, 0.1) is 5.82 Å². The molecule has 0 bridgehead atoms. The van der Waals surface area contributed by atoms with Crippen LogP contribution >= 0.6 is 15.9 Å². The Labute approximate surface area is 111 Å². The van der Waals surface area contributed by atoms with Gasteiger partial charge in [-0.1, -0.05) is 28.9 Å². The molecular weight excluding hydrogens is 283 g/mol. The van der Waals surface area contributed by atoms with E-state index < -0.39 is 0 Å². The van der Waals surface area contributed by atoms with E-state index in [1.165, 1.54) is 12.1 Å². The van der Waals surface area contributed by atoms with Gasteiger partial charge in [0.05, 0.1) is 0 Å². The van der Waals surface area contributed by atoms with E-state index in [0.717, 1.165) is 16.6 Å². The first-order valence-electron chi connectivity index (χ1n) is 5.92. The first-order chi connectivity index (χ1) is 8.01. The van der Waals surface area contributed by atoms with Crippen LogP contribution in [0.3, 0.4) is 0 Å². The normalized spacial score (nSPS) is 13.4. The first kappa shape index (κ1) is 14.6. The predicted molar refractivity (Wildman–Crippen MR) is 73.4 cm³/mol. The van der Waals surface area contributed by atoms with E-state index in [4.69, 9.17) is 5.73 Å². The highest BCUT2D eigenvalue weighted by Crippen LogP contribution is 2.29. The minimum Gasteiger partial charge on any atom is -0.329 e. The van der Waals surface area contributed by atoms with Crippen molar-refractivity contribution in [3.8, 4) is 0 Å². The molecule has 96 valence electrons. The molecule has 0 amide bonds. The van der Waals surface area contributed by atoms with Crippen LogP contribution in [0.4, 0.5) is 4.39 Å². The Kier molecular flexibility index (Phi) is 5.56. The van der Waals surface area contributed by atoms with Crippen molar-refractivity contribution in [3.63, 3.8) is 0 Å². The average molecular weight is 303 g/mol. The number of benzene rings is 1. The fourth-order valence-electron chi connectivity index (χ4n) is 2.16. The smallest absolute Gasteiger partial charge is 0.124 e. The lowest BCUT2D eigenvalue weighted by Gasteiger charge is -2.34. The molecule has 0 fully saturated rings. The molecule has 0 aliphatic heterocycles. The van der Waals surface area contributed by atoms with Gasteiger partial charge in [0.1, 0.15) is 5.82 Å². The van der Waals surface area contributed by atoms with Crippen molar-refractivity contribution >= 4 is 15.9 Å². The fraction of sp³-hybridized carbons (Fsp3) is 0.538. The van der Waals surface area contributed by atoms with Gasteiger partial charge in [-0.25, -0.2) is 4.39 Å². The van der Waals surface area contributed by atoms with Crippen molar-refractivity contribution < 1.29 is 4.39 Å². The zero-order valence-electron chi connectivity index (χ0n) is 10.6. The number of likely N-dealkylation sites (N-methyl/N-ethyl adjacent to an activating group) is 1. The second-order valence-corrected chi connectivity index (χ2v) is 5.20. The summed E-state index contributed by atoms with van der Waals surface area (Å²) in [5.74, 6) is -0.232. The lowest BCUT2D eigenvalue weighted by molar-refractivity contribution is 0.166. The molecule has 2 N–H and O–H groups in total. The number of halogens is 2. The summed E-state index contributed by atoms with van der Waals surface area (Å²) in [5, 5.41) is 0. The third-order valence-electron chi connectivity index (χ3n) is 2.97. The van der Waals surface area contributed by atoms with Crippen molar-refractivity contribution in [2.45, 2.75) is 32.9 Å². The molecule has 0 radical (unpaired) electrons. The van der Waals surface area contributed by atoms with Crippen molar-refractivity contribution in [1.29, 1.82) is 0 Å². The molecule has 1 aromatic carbocycles. The minimum absolute atomic E-state index is 0.120. The van der Waals surface area contributed by atoms with E-state index >= 15 is 0 Å². The van der Waals surface area contributed by atoms with E-state index in [2.05, 4.69) is 41.6 Å². The van der Waals surface area contributed by atoms with Crippen LogP contribution in [0.5, 0.6) is 0 Å². The maximum absolute atomic E-state index is 13.1. The average Bonchev–Trinajstić information content (AvgIpc) is 2.26. The van der Waals surface area contributed by atoms with Crippen LogP contribution < -0.4 is 5.73 Å². The molecule has 0 heterocycles. The predicted octanol–water partition coefficient (Wildman–Crippen LogP) is 3.32. The fourth-order valence-corrected chi connectivity index (χ4v) is 2.77. The Morgan fingerprint density at radius 2 is 2.06 bits per heavy atom. The molecule has 0 spiro atoms. The van der Waals surface area contributed by atoms with Gasteiger partial charge in [-0.05, 0) is 38.1 Å². The molecule has 0 aliphatic rings. The lowest BCUT2D eigenvalue weighted by atomic mass is 10.0. The number of hydrogen-bond donors (Lipinski definition) is 1. The summed E-state index contributed by atoms with van der Waals surface area (Å²) in [4.78, 5) is 2.30. The van der Waals surface area contributed by atoms with Crippen molar-refractivity contribution in [2.24, 2.45) is 5.73 Å². The van der Waals surface area contributed by atoms with Crippen LogP contribution in [0.15, 0.2) is 22.7 Å². The van der Waals surface area contributed by atoms with Crippen LogP contribution in [0.2, 0.25) is 0 Å². The van der Waals surface area contributed by atoms with Crippen LogP contribution in [-0.2, 0) is 0 Å². The summed E-state index contributed by atoms with van der Waals surface area (Å²) >= 11 is 3.41. The number of rotatable bonds is 5. The number of nitrogens with zero attached hydrogens (tertiary/aromatic N) is 1. The minimum atomic E-state index is -0.232. The number of hydrogen-bond acceptors (Lipinski definition) is 2. The standard InChI is InChI=1S/C13H20BrFN2/c1-4-17(9(2)3)13(8-16)11-6-5-10(15)7-12(11)14/h5-7,9,13H,4,8,16H2,1-3H3. The third kappa shape index (κ3) is 3.50. The van der Waals surface area contributed by atoms with Crippen molar-refractivity contribution in [3.05, 3.63) is 34.1 Å². The molecule has 0 saturated heterocycles.